The van der Waals surface area contributed by atoms with Crippen LogP contribution < -0.4 is 10.9 Å². The van der Waals surface area contributed by atoms with E-state index in [1.54, 1.807) is 0 Å². The molecule has 29 heavy (non-hydrogen) atoms. The van der Waals surface area contributed by atoms with E-state index in [-0.39, 0.29) is 5.56 Å². The van der Waals surface area contributed by atoms with Gasteiger partial charge in [0.05, 0.1) is 25.3 Å². The Hall–Kier alpha value is -1.96. The number of thiocarbonyl (C=S) groups is 1. The molecule has 2 aromatic rings. The molecule has 1 saturated heterocycles. The van der Waals surface area contributed by atoms with Gasteiger partial charge in [-0.05, 0) is 62.5 Å². The summed E-state index contributed by atoms with van der Waals surface area (Å²) < 4.78 is 5.42. The van der Waals surface area contributed by atoms with Crippen LogP contribution in [0.5, 0.6) is 0 Å². The maximum Gasteiger partial charge on any atom is 0.253 e. The summed E-state index contributed by atoms with van der Waals surface area (Å²) in [4.78, 5) is 20.3. The Morgan fingerprint density at radius 2 is 2.03 bits per heavy atom. The van der Waals surface area contributed by atoms with Crippen molar-refractivity contribution in [1.82, 2.24) is 20.1 Å². The van der Waals surface area contributed by atoms with Crippen LogP contribution in [0.1, 0.15) is 30.0 Å². The second-order valence-corrected chi connectivity index (χ2v) is 8.12. The zero-order valence-corrected chi connectivity index (χ0v) is 18.5. The number of pyridine rings is 1. The molecule has 2 heterocycles. The fourth-order valence-electron chi connectivity index (χ4n) is 3.88. The number of ether oxygens (including phenoxy) is 1. The first-order chi connectivity index (χ1) is 14.0. The third-order valence-electron chi connectivity index (χ3n) is 5.35. The number of aryl methyl sites for hydroxylation is 2. The Bertz CT molecular complexity index is 906. The molecule has 2 N–H and O–H groups in total. The molecule has 0 radical (unpaired) electrons. The van der Waals surface area contributed by atoms with E-state index in [0.29, 0.717) is 11.7 Å². The molecule has 0 unspecified atom stereocenters. The molecular weight excluding hydrogens is 384 g/mol. The molecule has 3 rings (SSSR count). The number of fused-ring (bicyclic) bond motifs is 1. The van der Waals surface area contributed by atoms with Gasteiger partial charge in [0.1, 0.15) is 0 Å². The second kappa shape index (κ2) is 10.2. The van der Waals surface area contributed by atoms with Crippen molar-refractivity contribution in [3.8, 4) is 0 Å². The average Bonchev–Trinajstić information content (AvgIpc) is 2.69. The Labute approximate surface area is 178 Å². The van der Waals surface area contributed by atoms with Crippen LogP contribution in [0, 0.1) is 13.8 Å². The van der Waals surface area contributed by atoms with E-state index < -0.39 is 0 Å². The molecule has 0 aliphatic carbocycles. The molecule has 1 aliphatic heterocycles. The Kier molecular flexibility index (Phi) is 7.64. The number of nitrogens with zero attached hydrogens (tertiary/aromatic N) is 2. The summed E-state index contributed by atoms with van der Waals surface area (Å²) in [5.74, 6) is 0. The monoisotopic (exact) mass is 416 g/mol. The van der Waals surface area contributed by atoms with E-state index in [9.17, 15) is 4.79 Å². The van der Waals surface area contributed by atoms with Gasteiger partial charge in [-0.2, -0.15) is 0 Å². The van der Waals surface area contributed by atoms with Crippen molar-refractivity contribution in [1.29, 1.82) is 0 Å². The van der Waals surface area contributed by atoms with Gasteiger partial charge in [-0.3, -0.25) is 9.69 Å². The van der Waals surface area contributed by atoms with Crippen LogP contribution in [0.15, 0.2) is 23.0 Å². The van der Waals surface area contributed by atoms with Crippen LogP contribution in [0.4, 0.5) is 0 Å². The highest BCUT2D eigenvalue weighted by Crippen LogP contribution is 2.18. The fourth-order valence-corrected chi connectivity index (χ4v) is 4.18. The van der Waals surface area contributed by atoms with Crippen LogP contribution >= 0.6 is 12.2 Å². The number of aromatic amines is 1. The average molecular weight is 417 g/mol. The van der Waals surface area contributed by atoms with Gasteiger partial charge in [0.15, 0.2) is 5.11 Å². The Morgan fingerprint density at radius 1 is 1.28 bits per heavy atom. The lowest BCUT2D eigenvalue weighted by Gasteiger charge is -2.29. The molecule has 1 aliphatic rings. The third kappa shape index (κ3) is 5.78. The molecule has 0 spiro atoms. The van der Waals surface area contributed by atoms with Crippen molar-refractivity contribution < 1.29 is 4.74 Å². The van der Waals surface area contributed by atoms with E-state index >= 15 is 0 Å². The first-order valence-corrected chi connectivity index (χ1v) is 10.8. The van der Waals surface area contributed by atoms with Crippen molar-refractivity contribution in [3.05, 3.63) is 45.2 Å². The molecule has 0 saturated carbocycles. The summed E-state index contributed by atoms with van der Waals surface area (Å²) in [5.41, 5.74) is 3.90. The minimum absolute atomic E-state index is 0.0399. The first kappa shape index (κ1) is 21.7. The van der Waals surface area contributed by atoms with Crippen LogP contribution in [-0.2, 0) is 11.3 Å². The van der Waals surface area contributed by atoms with Crippen molar-refractivity contribution in [2.45, 2.75) is 33.7 Å². The Balaban J connectivity index is 1.74. The summed E-state index contributed by atoms with van der Waals surface area (Å²) in [7, 11) is 0. The van der Waals surface area contributed by atoms with Crippen molar-refractivity contribution in [2.75, 3.05) is 45.9 Å². The maximum absolute atomic E-state index is 12.7. The molecule has 1 fully saturated rings. The van der Waals surface area contributed by atoms with E-state index in [2.05, 4.69) is 39.2 Å². The summed E-state index contributed by atoms with van der Waals surface area (Å²) in [6.07, 6.45) is 0.995. The fraction of sp³-hybridized carbons (Fsp3) is 0.545. The molecule has 1 aromatic carbocycles. The third-order valence-corrected chi connectivity index (χ3v) is 5.76. The van der Waals surface area contributed by atoms with E-state index in [0.717, 1.165) is 74.4 Å². The quantitative estimate of drug-likeness (QED) is 0.677. The number of benzene rings is 1. The minimum Gasteiger partial charge on any atom is -0.379 e. The van der Waals surface area contributed by atoms with Crippen LogP contribution in [0.2, 0.25) is 0 Å². The topological polar surface area (TPSA) is 60.6 Å². The first-order valence-electron chi connectivity index (χ1n) is 10.4. The number of nitrogens with one attached hydrogen (secondary N) is 2. The van der Waals surface area contributed by atoms with E-state index in [1.165, 1.54) is 5.56 Å². The number of hydrogen-bond donors (Lipinski definition) is 2. The number of morpholine rings is 1. The lowest BCUT2D eigenvalue weighted by atomic mass is 10.1. The van der Waals surface area contributed by atoms with Gasteiger partial charge in [0, 0.05) is 38.3 Å². The summed E-state index contributed by atoms with van der Waals surface area (Å²) in [6.45, 7) is 12.8. The number of rotatable bonds is 7. The summed E-state index contributed by atoms with van der Waals surface area (Å²) in [5, 5.41) is 5.01. The molecular formula is C22H32N4O2S. The Morgan fingerprint density at radius 3 is 2.76 bits per heavy atom. The zero-order chi connectivity index (χ0) is 20.8. The lowest BCUT2D eigenvalue weighted by molar-refractivity contribution is 0.0367. The molecule has 158 valence electrons. The molecule has 6 nitrogen and oxygen atoms in total. The van der Waals surface area contributed by atoms with Crippen LogP contribution in [0.3, 0.4) is 0 Å². The van der Waals surface area contributed by atoms with Gasteiger partial charge >= 0.3 is 0 Å². The smallest absolute Gasteiger partial charge is 0.253 e. The number of aromatic nitrogens is 1. The van der Waals surface area contributed by atoms with E-state index in [4.69, 9.17) is 17.0 Å². The van der Waals surface area contributed by atoms with Gasteiger partial charge in [-0.15, -0.1) is 0 Å². The zero-order valence-electron chi connectivity index (χ0n) is 17.7. The number of H-pyrrole nitrogens is 1. The predicted octanol–water partition coefficient (Wildman–Crippen LogP) is 2.56. The summed E-state index contributed by atoms with van der Waals surface area (Å²) >= 11 is 5.59. The van der Waals surface area contributed by atoms with Crippen LogP contribution in [0.25, 0.3) is 10.9 Å². The maximum atomic E-state index is 12.7. The second-order valence-electron chi connectivity index (χ2n) is 7.73. The van der Waals surface area contributed by atoms with Crippen molar-refractivity contribution in [3.63, 3.8) is 0 Å². The highest BCUT2D eigenvalue weighted by atomic mass is 32.1. The predicted molar refractivity (Wildman–Crippen MR) is 123 cm³/mol. The molecule has 1 aromatic heterocycles. The normalized spacial score (nSPS) is 14.9. The molecule has 0 atom stereocenters. The van der Waals surface area contributed by atoms with Gasteiger partial charge in [0.25, 0.3) is 5.56 Å². The van der Waals surface area contributed by atoms with Gasteiger partial charge in [0.2, 0.25) is 0 Å². The van der Waals surface area contributed by atoms with Crippen LogP contribution in [-0.4, -0.2) is 65.8 Å². The van der Waals surface area contributed by atoms with E-state index in [1.807, 2.05) is 19.9 Å². The molecule has 0 bridgehead atoms. The SMILES string of the molecule is CCNC(=S)N(CCCN1CCOCC1)Cc1cc2cc(C)cc(C)c2[nH]c1=O. The largest absolute Gasteiger partial charge is 0.379 e. The molecule has 7 heteroatoms. The van der Waals surface area contributed by atoms with Crippen molar-refractivity contribution >= 4 is 28.2 Å². The van der Waals surface area contributed by atoms with Gasteiger partial charge in [-0.1, -0.05) is 11.6 Å². The van der Waals surface area contributed by atoms with Gasteiger partial charge in [-0.25, -0.2) is 0 Å². The van der Waals surface area contributed by atoms with Gasteiger partial charge < -0.3 is 19.9 Å². The lowest BCUT2D eigenvalue weighted by Crippen LogP contribution is -2.42. The number of hydrogen-bond acceptors (Lipinski definition) is 4. The summed E-state index contributed by atoms with van der Waals surface area (Å²) in [6, 6.07) is 6.22. The molecule has 0 amide bonds. The highest BCUT2D eigenvalue weighted by molar-refractivity contribution is 7.80. The minimum atomic E-state index is -0.0399. The van der Waals surface area contributed by atoms with Crippen molar-refractivity contribution in [2.24, 2.45) is 0 Å². The highest BCUT2D eigenvalue weighted by Gasteiger charge is 2.15. The standard InChI is InChI=1S/C22H32N4O2S/c1-4-23-22(29)26(7-5-6-25-8-10-28-11-9-25)15-19-14-18-13-16(2)12-17(3)20(18)24-21(19)27/h12-14H,4-11,15H2,1-3H3,(H,23,29)(H,24,27).